The molecule has 0 radical (unpaired) electrons. The fourth-order valence-electron chi connectivity index (χ4n) is 1.12. The Kier molecular flexibility index (Phi) is 3.28. The monoisotopic (exact) mass is 219 g/mol. The molecule has 1 atom stereocenters. The minimum Gasteiger partial charge on any atom is -0.368 e. The molecule has 1 unspecified atom stereocenters. The lowest BCUT2D eigenvalue weighted by molar-refractivity contribution is -0.118. The van der Waals surface area contributed by atoms with Crippen molar-refractivity contribution < 1.29 is 4.79 Å². The Morgan fingerprint density at radius 3 is 2.53 bits per heavy atom. The van der Waals surface area contributed by atoms with Crippen molar-refractivity contribution in [3.63, 3.8) is 0 Å². The molecule has 1 aromatic carbocycles. The van der Waals surface area contributed by atoms with Gasteiger partial charge in [-0.2, -0.15) is 10.5 Å². The third kappa shape index (κ3) is 2.25. The van der Waals surface area contributed by atoms with Crippen molar-refractivity contribution in [3.8, 4) is 12.1 Å². The van der Waals surface area contributed by atoms with Crippen LogP contribution in [0.5, 0.6) is 0 Å². The Balaban J connectivity index is 3.23. The zero-order valence-electron chi connectivity index (χ0n) is 7.57. The Hall–Kier alpha value is -2.04. The maximum absolute atomic E-state index is 10.9. The van der Waals surface area contributed by atoms with Crippen molar-refractivity contribution in [1.82, 2.24) is 0 Å². The second-order valence-electron chi connectivity index (χ2n) is 2.81. The first-order valence-corrected chi connectivity index (χ1v) is 4.36. The van der Waals surface area contributed by atoms with Gasteiger partial charge in [0.15, 0.2) is 5.92 Å². The number of carbonyl (C=O) groups excluding carboxylic acids is 1. The van der Waals surface area contributed by atoms with Gasteiger partial charge < -0.3 is 5.73 Å². The quantitative estimate of drug-likeness (QED) is 0.813. The number of rotatable bonds is 2. The predicted molar refractivity (Wildman–Crippen MR) is 53.7 cm³/mol. The number of halogens is 1. The van der Waals surface area contributed by atoms with Gasteiger partial charge in [-0.05, 0) is 17.7 Å². The third-order valence-electron chi connectivity index (χ3n) is 1.85. The number of nitrogens with zero attached hydrogens (tertiary/aromatic N) is 2. The number of hydrogen-bond donors (Lipinski definition) is 1. The summed E-state index contributed by atoms with van der Waals surface area (Å²) in [5.41, 5.74) is 5.72. The van der Waals surface area contributed by atoms with E-state index in [4.69, 9.17) is 27.9 Å². The van der Waals surface area contributed by atoms with Crippen LogP contribution in [0.3, 0.4) is 0 Å². The fourth-order valence-corrected chi connectivity index (χ4v) is 1.41. The van der Waals surface area contributed by atoms with E-state index in [2.05, 4.69) is 0 Å². The van der Waals surface area contributed by atoms with Gasteiger partial charge in [0.25, 0.3) is 0 Å². The van der Waals surface area contributed by atoms with E-state index in [0.717, 1.165) is 0 Å². The van der Waals surface area contributed by atoms with Crippen molar-refractivity contribution in [1.29, 1.82) is 10.5 Å². The number of amides is 1. The summed E-state index contributed by atoms with van der Waals surface area (Å²) in [6.07, 6.45) is 0. The van der Waals surface area contributed by atoms with Crippen molar-refractivity contribution in [2.24, 2.45) is 5.73 Å². The van der Waals surface area contributed by atoms with Gasteiger partial charge >= 0.3 is 0 Å². The fraction of sp³-hybridized carbons (Fsp3) is 0.100. The average Bonchev–Trinajstić information content (AvgIpc) is 2.20. The number of primary amides is 1. The van der Waals surface area contributed by atoms with Gasteiger partial charge in [0.05, 0.1) is 17.7 Å². The molecule has 74 valence electrons. The third-order valence-corrected chi connectivity index (χ3v) is 2.18. The summed E-state index contributed by atoms with van der Waals surface area (Å²) < 4.78 is 0. The molecule has 0 saturated carbocycles. The number of hydrogen-bond acceptors (Lipinski definition) is 3. The van der Waals surface area contributed by atoms with E-state index in [1.54, 1.807) is 6.07 Å². The van der Waals surface area contributed by atoms with Crippen LogP contribution in [0.15, 0.2) is 18.2 Å². The van der Waals surface area contributed by atoms with Crippen LogP contribution in [0.1, 0.15) is 17.0 Å². The summed E-state index contributed by atoms with van der Waals surface area (Å²) in [7, 11) is 0. The molecular formula is C10H6ClN3O. The SMILES string of the molecule is N#Cc1ccc(C(C#N)C(N)=O)c(Cl)c1. The predicted octanol–water partition coefficient (Wildman–Crippen LogP) is 1.30. The van der Waals surface area contributed by atoms with Crippen molar-refractivity contribution in [2.45, 2.75) is 5.92 Å². The highest BCUT2D eigenvalue weighted by atomic mass is 35.5. The molecule has 0 spiro atoms. The van der Waals surface area contributed by atoms with Crippen molar-refractivity contribution in [3.05, 3.63) is 34.3 Å². The summed E-state index contributed by atoms with van der Waals surface area (Å²) in [4.78, 5) is 10.9. The van der Waals surface area contributed by atoms with E-state index in [9.17, 15) is 4.79 Å². The summed E-state index contributed by atoms with van der Waals surface area (Å²) in [6, 6.07) is 7.98. The summed E-state index contributed by atoms with van der Waals surface area (Å²) in [5.74, 6) is -1.84. The zero-order valence-corrected chi connectivity index (χ0v) is 8.32. The van der Waals surface area contributed by atoms with Gasteiger partial charge in [-0.3, -0.25) is 4.79 Å². The van der Waals surface area contributed by atoms with Crippen LogP contribution in [0.4, 0.5) is 0 Å². The zero-order chi connectivity index (χ0) is 11.4. The van der Waals surface area contributed by atoms with E-state index >= 15 is 0 Å². The van der Waals surface area contributed by atoms with Gasteiger partial charge in [0.2, 0.25) is 5.91 Å². The smallest absolute Gasteiger partial charge is 0.239 e. The van der Waals surface area contributed by atoms with Gasteiger partial charge in [-0.15, -0.1) is 0 Å². The molecule has 4 nitrogen and oxygen atoms in total. The topological polar surface area (TPSA) is 90.7 Å². The first kappa shape index (κ1) is 11.0. The average molecular weight is 220 g/mol. The van der Waals surface area contributed by atoms with Gasteiger partial charge in [-0.25, -0.2) is 0 Å². The lowest BCUT2D eigenvalue weighted by Crippen LogP contribution is -2.20. The lowest BCUT2D eigenvalue weighted by Gasteiger charge is -2.07. The van der Waals surface area contributed by atoms with Crippen LogP contribution in [0.2, 0.25) is 5.02 Å². The molecule has 0 aliphatic carbocycles. The largest absolute Gasteiger partial charge is 0.368 e. The molecule has 0 heterocycles. The molecule has 5 heteroatoms. The maximum Gasteiger partial charge on any atom is 0.239 e. The van der Waals surface area contributed by atoms with Gasteiger partial charge in [0.1, 0.15) is 0 Å². The van der Waals surface area contributed by atoms with E-state index in [1.807, 2.05) is 6.07 Å². The highest BCUT2D eigenvalue weighted by molar-refractivity contribution is 6.31. The number of nitriles is 2. The lowest BCUT2D eigenvalue weighted by atomic mass is 9.99. The normalized spacial score (nSPS) is 11.1. The van der Waals surface area contributed by atoms with E-state index in [-0.39, 0.29) is 5.02 Å². The maximum atomic E-state index is 10.9. The van der Waals surface area contributed by atoms with E-state index in [1.165, 1.54) is 18.2 Å². The Bertz CT molecular complexity index is 484. The van der Waals surface area contributed by atoms with E-state index in [0.29, 0.717) is 11.1 Å². The molecule has 2 N–H and O–H groups in total. The molecule has 0 bridgehead atoms. The molecule has 15 heavy (non-hydrogen) atoms. The first-order chi connectivity index (χ1) is 7.10. The molecule has 1 rings (SSSR count). The van der Waals surface area contributed by atoms with Crippen LogP contribution >= 0.6 is 11.6 Å². The summed E-state index contributed by atoms with van der Waals surface area (Å²) in [6.45, 7) is 0. The molecule has 0 aliphatic rings. The van der Waals surface area contributed by atoms with Crippen LogP contribution in [-0.2, 0) is 4.79 Å². The summed E-state index contributed by atoms with van der Waals surface area (Å²) >= 11 is 5.82. The molecule has 0 aliphatic heterocycles. The van der Waals surface area contributed by atoms with Gasteiger partial charge in [-0.1, -0.05) is 17.7 Å². The van der Waals surface area contributed by atoms with Gasteiger partial charge in [0, 0.05) is 5.02 Å². The highest BCUT2D eigenvalue weighted by Crippen LogP contribution is 2.25. The molecule has 0 aromatic heterocycles. The highest BCUT2D eigenvalue weighted by Gasteiger charge is 2.19. The Morgan fingerprint density at radius 1 is 1.47 bits per heavy atom. The van der Waals surface area contributed by atoms with Crippen molar-refractivity contribution >= 4 is 17.5 Å². The second kappa shape index (κ2) is 4.45. The summed E-state index contributed by atoms with van der Waals surface area (Å²) in [5, 5.41) is 17.5. The number of carbonyl (C=O) groups is 1. The minimum absolute atomic E-state index is 0.194. The van der Waals surface area contributed by atoms with Crippen LogP contribution < -0.4 is 5.73 Å². The molecule has 1 aromatic rings. The second-order valence-corrected chi connectivity index (χ2v) is 3.22. The minimum atomic E-state index is -1.08. The standard InChI is InChI=1S/C10H6ClN3O/c11-9-3-6(4-12)1-2-7(9)8(5-13)10(14)15/h1-3,8H,(H2,14,15). The molecular weight excluding hydrogens is 214 g/mol. The van der Waals surface area contributed by atoms with Crippen LogP contribution in [0, 0.1) is 22.7 Å². The van der Waals surface area contributed by atoms with Crippen molar-refractivity contribution in [2.75, 3.05) is 0 Å². The van der Waals surface area contributed by atoms with Crippen LogP contribution in [-0.4, -0.2) is 5.91 Å². The van der Waals surface area contributed by atoms with E-state index < -0.39 is 11.8 Å². The number of nitrogens with two attached hydrogens (primary N) is 1. The molecule has 1 amide bonds. The Labute approximate surface area is 91.5 Å². The molecule has 0 saturated heterocycles. The Morgan fingerprint density at radius 2 is 2.13 bits per heavy atom. The number of benzene rings is 1. The first-order valence-electron chi connectivity index (χ1n) is 3.98. The molecule has 0 fully saturated rings. The van der Waals surface area contributed by atoms with Crippen LogP contribution in [0.25, 0.3) is 0 Å².